The van der Waals surface area contributed by atoms with Crippen LogP contribution in [-0.4, -0.2) is 35.6 Å². The van der Waals surface area contributed by atoms with Crippen LogP contribution in [0.3, 0.4) is 0 Å². The van der Waals surface area contributed by atoms with Gasteiger partial charge in [0.05, 0.1) is 5.69 Å². The summed E-state index contributed by atoms with van der Waals surface area (Å²) in [6, 6.07) is 11.6. The minimum Gasteiger partial charge on any atom is -0.380 e. The van der Waals surface area contributed by atoms with E-state index in [4.69, 9.17) is 0 Å². The summed E-state index contributed by atoms with van der Waals surface area (Å²) in [6.45, 7) is 6.07. The van der Waals surface area contributed by atoms with Crippen LogP contribution in [0.4, 0.5) is 5.69 Å². The van der Waals surface area contributed by atoms with E-state index >= 15 is 0 Å². The number of aromatic nitrogens is 1. The number of hydrogen-bond donors (Lipinski definition) is 1. The fraction of sp³-hybridized carbons (Fsp3) is 0.476. The molecule has 2 aromatic rings. The van der Waals surface area contributed by atoms with Gasteiger partial charge in [-0.15, -0.1) is 0 Å². The van der Waals surface area contributed by atoms with Crippen molar-refractivity contribution in [2.45, 2.75) is 25.8 Å². The molecule has 0 amide bonds. The number of nitrogens with zero attached hydrogens (tertiary/aromatic N) is 2. The first-order valence-corrected chi connectivity index (χ1v) is 9.25. The molecular formula is C21H25N3. The predicted octanol–water partition coefficient (Wildman–Crippen LogP) is 3.81. The Labute approximate surface area is 144 Å². The van der Waals surface area contributed by atoms with E-state index < -0.39 is 0 Å². The predicted molar refractivity (Wildman–Crippen MR) is 98.0 cm³/mol. The van der Waals surface area contributed by atoms with Crippen molar-refractivity contribution in [2.24, 2.45) is 17.8 Å². The summed E-state index contributed by atoms with van der Waals surface area (Å²) in [6.07, 6.45) is 6.79. The Balaban J connectivity index is 1.39. The van der Waals surface area contributed by atoms with E-state index in [9.17, 15) is 0 Å². The number of benzene rings is 1. The molecule has 3 heteroatoms. The molecule has 2 atom stereocenters. The summed E-state index contributed by atoms with van der Waals surface area (Å²) in [4.78, 5) is 7.19. The van der Waals surface area contributed by atoms with Crippen LogP contribution < -0.4 is 5.32 Å². The maximum absolute atomic E-state index is 4.50. The molecule has 24 heavy (non-hydrogen) atoms. The summed E-state index contributed by atoms with van der Waals surface area (Å²) < 4.78 is 0. The lowest BCUT2D eigenvalue weighted by atomic mass is 9.65. The molecule has 1 aromatic heterocycles. The largest absolute Gasteiger partial charge is 0.380 e. The first kappa shape index (κ1) is 14.5. The minimum atomic E-state index is 0.632. The monoisotopic (exact) mass is 319 g/mol. The van der Waals surface area contributed by atoms with E-state index in [0.29, 0.717) is 6.04 Å². The third-order valence-electron chi connectivity index (χ3n) is 6.21. The van der Waals surface area contributed by atoms with Gasteiger partial charge in [0.1, 0.15) is 0 Å². The van der Waals surface area contributed by atoms with Crippen LogP contribution in [0.5, 0.6) is 0 Å². The van der Waals surface area contributed by atoms with Crippen LogP contribution in [0.25, 0.3) is 11.1 Å². The fourth-order valence-corrected chi connectivity index (χ4v) is 5.34. The van der Waals surface area contributed by atoms with Crippen LogP contribution in [-0.2, 0) is 0 Å². The quantitative estimate of drug-likeness (QED) is 0.932. The van der Waals surface area contributed by atoms with Gasteiger partial charge in [0, 0.05) is 43.6 Å². The Bertz CT molecular complexity index is 726. The lowest BCUT2D eigenvalue weighted by molar-refractivity contribution is -0.0269. The SMILES string of the molecule is Cc1cccc(-c2cncc(NC3C4CC5CC3CN(C5)C4)c2)c1. The molecule has 1 N–H and O–H groups in total. The Kier molecular flexibility index (Phi) is 3.37. The number of rotatable bonds is 3. The van der Waals surface area contributed by atoms with Gasteiger partial charge in [-0.3, -0.25) is 4.98 Å². The molecule has 3 saturated heterocycles. The topological polar surface area (TPSA) is 28.2 Å². The van der Waals surface area contributed by atoms with E-state index in [0.717, 1.165) is 17.8 Å². The average molecular weight is 319 g/mol. The van der Waals surface area contributed by atoms with Crippen LogP contribution in [0, 0.1) is 24.7 Å². The van der Waals surface area contributed by atoms with E-state index in [2.05, 4.69) is 52.5 Å². The highest BCUT2D eigenvalue weighted by atomic mass is 15.2. The molecule has 124 valence electrons. The number of hydrogen-bond acceptors (Lipinski definition) is 3. The second-order valence-corrected chi connectivity index (χ2v) is 8.08. The van der Waals surface area contributed by atoms with Crippen LogP contribution >= 0.6 is 0 Å². The van der Waals surface area contributed by atoms with Crippen LogP contribution in [0.1, 0.15) is 18.4 Å². The smallest absolute Gasteiger partial charge is 0.0535 e. The normalized spacial score (nSPS) is 33.6. The summed E-state index contributed by atoms with van der Waals surface area (Å²) in [5.74, 6) is 2.59. The average Bonchev–Trinajstić information content (AvgIpc) is 2.58. The van der Waals surface area contributed by atoms with Crippen LogP contribution in [0.15, 0.2) is 42.7 Å². The van der Waals surface area contributed by atoms with Gasteiger partial charge in [0.2, 0.25) is 0 Å². The van der Waals surface area contributed by atoms with Gasteiger partial charge in [-0.05, 0) is 49.1 Å². The molecule has 4 aliphatic rings. The van der Waals surface area contributed by atoms with Gasteiger partial charge in [0.15, 0.2) is 0 Å². The molecular weight excluding hydrogens is 294 g/mol. The van der Waals surface area contributed by atoms with Gasteiger partial charge < -0.3 is 10.2 Å². The maximum Gasteiger partial charge on any atom is 0.0535 e. The zero-order valence-electron chi connectivity index (χ0n) is 14.3. The zero-order chi connectivity index (χ0) is 16.1. The van der Waals surface area contributed by atoms with Crippen molar-refractivity contribution in [1.82, 2.24) is 9.88 Å². The summed E-state index contributed by atoms with van der Waals surface area (Å²) >= 11 is 0. The van der Waals surface area contributed by atoms with Gasteiger partial charge in [-0.25, -0.2) is 0 Å². The highest BCUT2D eigenvalue weighted by molar-refractivity contribution is 5.67. The highest BCUT2D eigenvalue weighted by Gasteiger charge is 2.47. The zero-order valence-corrected chi connectivity index (χ0v) is 14.3. The van der Waals surface area contributed by atoms with Gasteiger partial charge in [-0.1, -0.05) is 29.8 Å². The van der Waals surface area contributed by atoms with Crippen molar-refractivity contribution in [1.29, 1.82) is 0 Å². The van der Waals surface area contributed by atoms with Crippen molar-refractivity contribution in [2.75, 3.05) is 25.0 Å². The van der Waals surface area contributed by atoms with Gasteiger partial charge in [-0.2, -0.15) is 0 Å². The third-order valence-corrected chi connectivity index (χ3v) is 6.21. The molecule has 1 aliphatic carbocycles. The Morgan fingerprint density at radius 1 is 1.00 bits per heavy atom. The van der Waals surface area contributed by atoms with Gasteiger partial charge in [0.25, 0.3) is 0 Å². The third kappa shape index (κ3) is 2.51. The maximum atomic E-state index is 4.50. The lowest BCUT2D eigenvalue weighted by Crippen LogP contribution is -2.62. The summed E-state index contributed by atoms with van der Waals surface area (Å²) in [5.41, 5.74) is 4.93. The Morgan fingerprint density at radius 3 is 2.58 bits per heavy atom. The number of nitrogens with one attached hydrogen (secondary N) is 1. The van der Waals surface area contributed by atoms with E-state index in [-0.39, 0.29) is 0 Å². The molecule has 0 spiro atoms. The number of piperidine rings is 3. The molecule has 0 radical (unpaired) electrons. The number of aryl methyl sites for hydroxylation is 1. The van der Waals surface area contributed by atoms with Crippen LogP contribution in [0.2, 0.25) is 0 Å². The molecule has 3 aliphatic heterocycles. The lowest BCUT2D eigenvalue weighted by Gasteiger charge is -2.56. The van der Waals surface area contributed by atoms with Crippen molar-refractivity contribution >= 4 is 5.69 Å². The van der Waals surface area contributed by atoms with E-state index in [1.807, 2.05) is 12.4 Å². The number of pyridine rings is 1. The second kappa shape index (κ2) is 5.59. The molecule has 2 unspecified atom stereocenters. The highest BCUT2D eigenvalue weighted by Crippen LogP contribution is 2.44. The fourth-order valence-electron chi connectivity index (χ4n) is 5.34. The molecule has 4 heterocycles. The van der Waals surface area contributed by atoms with Crippen molar-refractivity contribution in [3.8, 4) is 11.1 Å². The Morgan fingerprint density at radius 2 is 1.83 bits per heavy atom. The van der Waals surface area contributed by atoms with E-state index in [1.165, 1.54) is 54.9 Å². The number of anilines is 1. The second-order valence-electron chi connectivity index (χ2n) is 8.08. The summed E-state index contributed by atoms with van der Waals surface area (Å²) in [5, 5.41) is 3.86. The Hall–Kier alpha value is -1.87. The summed E-state index contributed by atoms with van der Waals surface area (Å²) in [7, 11) is 0. The van der Waals surface area contributed by atoms with E-state index in [1.54, 1.807) is 0 Å². The standard InChI is InChI=1S/C21H25N3/c1-14-3-2-4-16(5-14)17-8-20(10-22-9-17)23-21-18-6-15-7-19(21)13-24(11-15)12-18/h2-5,8-10,15,18-19,21,23H,6-7,11-13H2,1H3. The van der Waals surface area contributed by atoms with Crippen molar-refractivity contribution in [3.05, 3.63) is 48.3 Å². The molecule has 3 nitrogen and oxygen atoms in total. The minimum absolute atomic E-state index is 0.632. The molecule has 1 saturated carbocycles. The molecule has 4 bridgehead atoms. The first-order valence-electron chi connectivity index (χ1n) is 9.25. The van der Waals surface area contributed by atoms with Gasteiger partial charge >= 0.3 is 0 Å². The molecule has 4 fully saturated rings. The molecule has 1 aromatic carbocycles. The molecule has 6 rings (SSSR count). The first-order chi connectivity index (χ1) is 11.7. The van der Waals surface area contributed by atoms with Crippen molar-refractivity contribution in [3.63, 3.8) is 0 Å². The van der Waals surface area contributed by atoms with Crippen molar-refractivity contribution < 1.29 is 0 Å².